The number of hydrogen-bond acceptors (Lipinski definition) is 2. The van der Waals surface area contributed by atoms with E-state index >= 15 is 0 Å². The fraction of sp³-hybridized carbons (Fsp3) is 0.241. The molecule has 0 spiro atoms. The first-order valence-corrected chi connectivity index (χ1v) is 12.6. The van der Waals surface area contributed by atoms with Gasteiger partial charge in [0, 0.05) is 39.5 Å². The highest BCUT2D eigenvalue weighted by atomic mass is 35.5. The summed E-state index contributed by atoms with van der Waals surface area (Å²) in [6.07, 6.45) is 1.85. The molecule has 178 valence electrons. The molecule has 0 unspecified atom stereocenters. The molecule has 0 amide bonds. The summed E-state index contributed by atoms with van der Waals surface area (Å²) in [5.41, 5.74) is 10.4. The number of rotatable bonds is 4. The van der Waals surface area contributed by atoms with E-state index in [0.717, 1.165) is 22.1 Å². The van der Waals surface area contributed by atoms with Gasteiger partial charge >= 0.3 is 0 Å². The minimum Gasteiger partial charge on any atom is -0.351 e. The van der Waals surface area contributed by atoms with Crippen molar-refractivity contribution in [3.05, 3.63) is 111 Å². The molecule has 5 rings (SSSR count). The van der Waals surface area contributed by atoms with Crippen molar-refractivity contribution in [3.8, 4) is 5.69 Å². The monoisotopic (exact) mass is 500 g/mol. The molecule has 1 saturated heterocycles. The Bertz CT molecular complexity index is 1410. The van der Waals surface area contributed by atoms with Crippen LogP contribution in [0.5, 0.6) is 0 Å². The number of benzene rings is 2. The van der Waals surface area contributed by atoms with Gasteiger partial charge in [-0.1, -0.05) is 29.8 Å². The Morgan fingerprint density at radius 1 is 0.857 bits per heavy atom. The summed E-state index contributed by atoms with van der Waals surface area (Å²) in [5, 5.41) is 5.04. The van der Waals surface area contributed by atoms with Gasteiger partial charge in [-0.15, -0.1) is 0 Å². The molecule has 0 bridgehead atoms. The van der Waals surface area contributed by atoms with Crippen LogP contribution in [-0.4, -0.2) is 14.7 Å². The van der Waals surface area contributed by atoms with E-state index in [4.69, 9.17) is 28.8 Å². The predicted molar refractivity (Wildman–Crippen MR) is 149 cm³/mol. The first-order valence-electron chi connectivity index (χ1n) is 11.8. The highest BCUT2D eigenvalue weighted by Crippen LogP contribution is 2.45. The van der Waals surface area contributed by atoms with Gasteiger partial charge in [-0.05, 0) is 106 Å². The molecule has 2 aromatic heterocycles. The van der Waals surface area contributed by atoms with E-state index < -0.39 is 0 Å². The number of hydrogen-bond donors (Lipinski definition) is 1. The van der Waals surface area contributed by atoms with E-state index in [-0.39, 0.29) is 12.1 Å². The van der Waals surface area contributed by atoms with Crippen LogP contribution in [0.2, 0.25) is 5.02 Å². The normalized spacial score (nSPS) is 17.7. The lowest BCUT2D eigenvalue weighted by Crippen LogP contribution is -2.30. The number of halogens is 1. The molecule has 0 saturated carbocycles. The summed E-state index contributed by atoms with van der Waals surface area (Å²) in [4.78, 5) is 6.99. The molecule has 4 nitrogen and oxygen atoms in total. The standard InChI is InChI=1S/C29H29ClN4S/c1-17-13-18(2)15-24(14-17)34-28(27(32-29(34)35)25-11-6-7-12-31-25)26-19(3)20(4)33(21(26)5)23-10-8-9-22(30)16-23/h6-16,27-28H,1-5H3,(H,32,35)/t27-,28-/m1/s1. The maximum Gasteiger partial charge on any atom is 0.174 e. The second-order valence-corrected chi connectivity index (χ2v) is 10.2. The second kappa shape index (κ2) is 9.14. The van der Waals surface area contributed by atoms with Gasteiger partial charge in [0.25, 0.3) is 0 Å². The molecular formula is C29H29ClN4S. The molecule has 3 heterocycles. The zero-order valence-corrected chi connectivity index (χ0v) is 22.2. The zero-order chi connectivity index (χ0) is 24.9. The molecular weight excluding hydrogens is 472 g/mol. The molecule has 35 heavy (non-hydrogen) atoms. The molecule has 6 heteroatoms. The Labute approximate surface area is 217 Å². The van der Waals surface area contributed by atoms with E-state index in [1.54, 1.807) is 0 Å². The fourth-order valence-electron chi connectivity index (χ4n) is 5.46. The van der Waals surface area contributed by atoms with Crippen molar-refractivity contribution in [2.75, 3.05) is 4.90 Å². The van der Waals surface area contributed by atoms with Crippen LogP contribution in [0, 0.1) is 34.6 Å². The SMILES string of the molecule is Cc1cc(C)cc(N2C(=S)N[C@H](c3ccccn3)[C@H]2c2c(C)c(C)n(-c3cccc(Cl)c3)c2C)c1. The quantitative estimate of drug-likeness (QED) is 0.299. The van der Waals surface area contributed by atoms with Gasteiger partial charge in [-0.3, -0.25) is 4.98 Å². The summed E-state index contributed by atoms with van der Waals surface area (Å²) < 4.78 is 2.30. The Hall–Kier alpha value is -3.15. The van der Waals surface area contributed by atoms with Gasteiger partial charge in [0.05, 0.1) is 17.8 Å². The van der Waals surface area contributed by atoms with Crippen LogP contribution in [0.15, 0.2) is 66.9 Å². The fourth-order valence-corrected chi connectivity index (χ4v) is 5.99. The lowest BCUT2D eigenvalue weighted by molar-refractivity contribution is 0.563. The summed E-state index contributed by atoms with van der Waals surface area (Å²) in [5.74, 6) is 0. The van der Waals surface area contributed by atoms with Crippen molar-refractivity contribution in [2.24, 2.45) is 0 Å². The number of thiocarbonyl (C=S) groups is 1. The number of anilines is 1. The van der Waals surface area contributed by atoms with Gasteiger partial charge in [0.15, 0.2) is 5.11 Å². The van der Waals surface area contributed by atoms with Crippen molar-refractivity contribution < 1.29 is 0 Å². The average molecular weight is 501 g/mol. The van der Waals surface area contributed by atoms with Crippen LogP contribution in [0.4, 0.5) is 5.69 Å². The van der Waals surface area contributed by atoms with Crippen LogP contribution in [0.3, 0.4) is 0 Å². The average Bonchev–Trinajstić information content (AvgIpc) is 3.26. The molecule has 1 fully saturated rings. The molecule has 4 aromatic rings. The van der Waals surface area contributed by atoms with Gasteiger partial charge in [-0.25, -0.2) is 0 Å². The third-order valence-corrected chi connectivity index (χ3v) is 7.50. The second-order valence-electron chi connectivity index (χ2n) is 9.37. The van der Waals surface area contributed by atoms with Crippen molar-refractivity contribution in [1.29, 1.82) is 0 Å². The highest BCUT2D eigenvalue weighted by Gasteiger charge is 2.43. The van der Waals surface area contributed by atoms with E-state index in [9.17, 15) is 0 Å². The van der Waals surface area contributed by atoms with E-state index in [1.165, 1.54) is 33.6 Å². The summed E-state index contributed by atoms with van der Waals surface area (Å²) in [6.45, 7) is 10.8. The first-order chi connectivity index (χ1) is 16.8. The van der Waals surface area contributed by atoms with Crippen LogP contribution in [0.25, 0.3) is 5.69 Å². The largest absolute Gasteiger partial charge is 0.351 e. The van der Waals surface area contributed by atoms with Crippen LogP contribution >= 0.6 is 23.8 Å². The minimum atomic E-state index is -0.0865. The van der Waals surface area contributed by atoms with E-state index in [0.29, 0.717) is 5.11 Å². The van der Waals surface area contributed by atoms with Crippen molar-refractivity contribution in [3.63, 3.8) is 0 Å². The zero-order valence-electron chi connectivity index (χ0n) is 20.6. The molecule has 1 N–H and O–H groups in total. The molecule has 1 aliphatic heterocycles. The van der Waals surface area contributed by atoms with E-state index in [2.05, 4.69) is 79.7 Å². The van der Waals surface area contributed by atoms with Crippen LogP contribution in [-0.2, 0) is 0 Å². The maximum atomic E-state index is 6.37. The number of pyridine rings is 1. The van der Waals surface area contributed by atoms with Gasteiger partial charge in [0.1, 0.15) is 0 Å². The Morgan fingerprint density at radius 3 is 2.26 bits per heavy atom. The van der Waals surface area contributed by atoms with Gasteiger partial charge in [0.2, 0.25) is 0 Å². The number of aromatic nitrogens is 2. The third-order valence-electron chi connectivity index (χ3n) is 6.95. The molecule has 0 radical (unpaired) electrons. The minimum absolute atomic E-state index is 0.0577. The van der Waals surface area contributed by atoms with Crippen LogP contribution in [0.1, 0.15) is 51.4 Å². The Balaban J connectivity index is 1.75. The van der Waals surface area contributed by atoms with Gasteiger partial charge in [-0.2, -0.15) is 0 Å². The Morgan fingerprint density at radius 2 is 1.60 bits per heavy atom. The van der Waals surface area contributed by atoms with Crippen molar-refractivity contribution in [1.82, 2.24) is 14.9 Å². The summed E-state index contributed by atoms with van der Waals surface area (Å²) in [6, 6.07) is 20.5. The van der Waals surface area contributed by atoms with Crippen LogP contribution < -0.4 is 10.2 Å². The lowest BCUT2D eigenvalue weighted by atomic mass is 9.93. The Kier molecular flexibility index (Phi) is 6.16. The lowest BCUT2D eigenvalue weighted by Gasteiger charge is -2.29. The first kappa shape index (κ1) is 23.6. The van der Waals surface area contributed by atoms with E-state index in [1.807, 2.05) is 36.5 Å². The summed E-state index contributed by atoms with van der Waals surface area (Å²) >= 11 is 12.3. The number of aryl methyl sites for hydroxylation is 2. The predicted octanol–water partition coefficient (Wildman–Crippen LogP) is 7.24. The van der Waals surface area contributed by atoms with Crippen molar-refractivity contribution in [2.45, 2.75) is 46.7 Å². The topological polar surface area (TPSA) is 33.1 Å². The number of nitrogens with one attached hydrogen (secondary N) is 1. The number of nitrogens with zero attached hydrogens (tertiary/aromatic N) is 3. The maximum absolute atomic E-state index is 6.37. The smallest absolute Gasteiger partial charge is 0.174 e. The highest BCUT2D eigenvalue weighted by molar-refractivity contribution is 7.80. The molecule has 1 aliphatic rings. The molecule has 2 aromatic carbocycles. The van der Waals surface area contributed by atoms with Gasteiger partial charge < -0.3 is 14.8 Å². The molecule has 2 atom stereocenters. The molecule has 0 aliphatic carbocycles. The third kappa shape index (κ3) is 4.13. The summed E-state index contributed by atoms with van der Waals surface area (Å²) in [7, 11) is 0. The van der Waals surface area contributed by atoms with Crippen molar-refractivity contribution >= 4 is 34.6 Å².